The number of carbonyl (C=O) groups is 4. The Hall–Kier alpha value is -6.94. The van der Waals surface area contributed by atoms with E-state index in [4.69, 9.17) is 13.6 Å². The molecule has 8 rings (SSSR count). The van der Waals surface area contributed by atoms with Crippen LogP contribution in [0.1, 0.15) is 53.8 Å². The van der Waals surface area contributed by atoms with Gasteiger partial charge in [0.1, 0.15) is 22.9 Å². The van der Waals surface area contributed by atoms with Gasteiger partial charge in [-0.2, -0.15) is 0 Å². The lowest BCUT2D eigenvalue weighted by atomic mass is 10.1. The van der Waals surface area contributed by atoms with Crippen molar-refractivity contribution >= 4 is 52.9 Å². The lowest BCUT2D eigenvalue weighted by Gasteiger charge is -2.19. The van der Waals surface area contributed by atoms with E-state index in [9.17, 15) is 19.2 Å². The molecule has 0 radical (unpaired) electrons. The maximum Gasteiger partial charge on any atom is 0.412 e. The van der Waals surface area contributed by atoms with E-state index in [1.807, 2.05) is 78.9 Å². The predicted molar refractivity (Wildman–Crippen MR) is 210 cm³/mol. The Morgan fingerprint density at radius 3 is 2.07 bits per heavy atom. The maximum absolute atomic E-state index is 12.1. The number of rotatable bonds is 5. The van der Waals surface area contributed by atoms with Gasteiger partial charge in [0.05, 0.1) is 12.0 Å². The third-order valence-electron chi connectivity index (χ3n) is 8.10. The van der Waals surface area contributed by atoms with Crippen LogP contribution < -0.4 is 16.0 Å². The Labute approximate surface area is 312 Å². The van der Waals surface area contributed by atoms with E-state index in [1.54, 1.807) is 57.2 Å². The molecule has 0 unspecified atom stereocenters. The van der Waals surface area contributed by atoms with Crippen LogP contribution in [0.4, 0.5) is 21.9 Å². The average molecular weight is 722 g/mol. The quantitative estimate of drug-likeness (QED) is 0.119. The first-order chi connectivity index (χ1) is 25.9. The number of hydrogen-bond donors (Lipinski definition) is 3. The molecule has 3 amide bonds. The Kier molecular flexibility index (Phi) is 11.0. The van der Waals surface area contributed by atoms with Crippen molar-refractivity contribution in [1.82, 2.24) is 0 Å². The fourth-order valence-electron chi connectivity index (χ4n) is 5.72. The van der Waals surface area contributed by atoms with Crippen molar-refractivity contribution in [2.75, 3.05) is 16.0 Å². The molecule has 272 valence electrons. The summed E-state index contributed by atoms with van der Waals surface area (Å²) in [6.07, 6.45) is 2.45. The van der Waals surface area contributed by atoms with Crippen LogP contribution in [0.15, 0.2) is 130 Å². The molecule has 4 aromatic carbocycles. The SMILES string of the molecule is CC(C)(C)OC(=O)Nc1cccc(-c2ccc(C=O)o2)c1.Cc1cccc(-c2ccc(/C=C3/C(=O)Nc4ccccc43)o2)c1.O=C1Cc2ccccc2N1. The minimum atomic E-state index is -0.554. The molecule has 0 atom stereocenters. The number of aldehydes is 1. The van der Waals surface area contributed by atoms with Gasteiger partial charge in [0.25, 0.3) is 5.91 Å². The number of nitrogens with one attached hydrogen (secondary N) is 3. The Balaban J connectivity index is 0.000000148. The zero-order chi connectivity index (χ0) is 38.2. The third-order valence-corrected chi connectivity index (χ3v) is 8.10. The molecule has 0 saturated carbocycles. The van der Waals surface area contributed by atoms with Crippen LogP contribution in [0.5, 0.6) is 0 Å². The fourth-order valence-corrected chi connectivity index (χ4v) is 5.72. The molecule has 0 saturated heterocycles. The number of carbonyl (C=O) groups excluding carboxylic acids is 4. The summed E-state index contributed by atoms with van der Waals surface area (Å²) in [6, 6.07) is 37.8. The summed E-state index contributed by atoms with van der Waals surface area (Å²) in [5.41, 5.74) is 7.46. The highest BCUT2D eigenvalue weighted by molar-refractivity contribution is 6.34. The Morgan fingerprint density at radius 1 is 0.741 bits per heavy atom. The summed E-state index contributed by atoms with van der Waals surface area (Å²) in [5, 5.41) is 8.28. The first-order valence-electron chi connectivity index (χ1n) is 17.3. The van der Waals surface area contributed by atoms with Crippen LogP contribution >= 0.6 is 0 Å². The van der Waals surface area contributed by atoms with E-state index in [1.165, 1.54) is 5.56 Å². The summed E-state index contributed by atoms with van der Waals surface area (Å²) < 4.78 is 16.4. The van der Waals surface area contributed by atoms with Crippen molar-refractivity contribution in [3.63, 3.8) is 0 Å². The van der Waals surface area contributed by atoms with E-state index in [2.05, 4.69) is 35.0 Å². The number of anilines is 3. The van der Waals surface area contributed by atoms with Crippen molar-refractivity contribution < 1.29 is 32.7 Å². The number of fused-ring (bicyclic) bond motifs is 2. The van der Waals surface area contributed by atoms with E-state index >= 15 is 0 Å². The monoisotopic (exact) mass is 721 g/mol. The normalized spacial score (nSPS) is 13.3. The fraction of sp³-hybridized carbons (Fsp3) is 0.136. The standard InChI is InChI=1S/C20H15NO2.C16H17NO4.C8H7NO/c1-13-5-4-6-14(11-13)19-10-9-15(23-19)12-17-16-7-2-3-8-18(16)21-20(17)22;1-16(2,3)21-15(19)17-12-6-4-5-11(9-12)14-8-7-13(10-18)20-14;10-8-5-6-3-1-2-4-7(6)9-8/h2-12H,1H3,(H,21,22);4-10H,1-3H3,(H,17,19);1-4H,5H2,(H,9,10)/b17-12+;;. The van der Waals surface area contributed by atoms with Crippen molar-refractivity contribution in [1.29, 1.82) is 0 Å². The summed E-state index contributed by atoms with van der Waals surface area (Å²) >= 11 is 0. The van der Waals surface area contributed by atoms with E-state index < -0.39 is 11.7 Å². The van der Waals surface area contributed by atoms with Crippen LogP contribution in [0.3, 0.4) is 0 Å². The van der Waals surface area contributed by atoms with Crippen LogP contribution in [0.2, 0.25) is 0 Å². The van der Waals surface area contributed by atoms with Gasteiger partial charge in [-0.15, -0.1) is 0 Å². The van der Waals surface area contributed by atoms with Crippen LogP contribution in [0, 0.1) is 6.92 Å². The van der Waals surface area contributed by atoms with Crippen LogP contribution in [-0.2, 0) is 20.7 Å². The molecule has 0 aliphatic carbocycles. The van der Waals surface area contributed by atoms with E-state index in [0.29, 0.717) is 35.5 Å². The molecule has 10 nitrogen and oxygen atoms in total. The smallest absolute Gasteiger partial charge is 0.412 e. The van der Waals surface area contributed by atoms with Gasteiger partial charge in [-0.25, -0.2) is 4.79 Å². The molecule has 0 spiro atoms. The molecule has 2 aliphatic rings. The number of benzene rings is 4. The zero-order valence-corrected chi connectivity index (χ0v) is 30.3. The lowest BCUT2D eigenvalue weighted by Crippen LogP contribution is -2.27. The van der Waals surface area contributed by atoms with Gasteiger partial charge in [-0.1, -0.05) is 72.3 Å². The third kappa shape index (κ3) is 9.48. The maximum atomic E-state index is 12.1. The number of amides is 3. The summed E-state index contributed by atoms with van der Waals surface area (Å²) in [6.45, 7) is 7.45. The second kappa shape index (κ2) is 16.2. The molecule has 0 bridgehead atoms. The first-order valence-corrected chi connectivity index (χ1v) is 17.3. The van der Waals surface area contributed by atoms with Crippen molar-refractivity contribution in [2.24, 2.45) is 0 Å². The Morgan fingerprint density at radius 2 is 1.39 bits per heavy atom. The average Bonchev–Trinajstić information content (AvgIpc) is 3.94. The second-order valence-electron chi connectivity index (χ2n) is 13.5. The number of furan rings is 2. The van der Waals surface area contributed by atoms with Gasteiger partial charge in [0.15, 0.2) is 12.0 Å². The number of ether oxygens (including phenoxy) is 1. The minimum Gasteiger partial charge on any atom is -0.457 e. The van der Waals surface area contributed by atoms with Crippen LogP contribution in [-0.4, -0.2) is 29.8 Å². The molecule has 6 aromatic rings. The minimum absolute atomic E-state index is 0.0975. The van der Waals surface area contributed by atoms with E-state index in [-0.39, 0.29) is 17.6 Å². The van der Waals surface area contributed by atoms with E-state index in [0.717, 1.165) is 39.4 Å². The molecule has 4 heterocycles. The van der Waals surface area contributed by atoms with Gasteiger partial charge >= 0.3 is 6.09 Å². The summed E-state index contributed by atoms with van der Waals surface area (Å²) in [7, 11) is 0. The molecule has 54 heavy (non-hydrogen) atoms. The zero-order valence-electron chi connectivity index (χ0n) is 30.3. The molecule has 2 aromatic heterocycles. The predicted octanol–water partition coefficient (Wildman–Crippen LogP) is 10.0. The number of para-hydroxylation sites is 2. The second-order valence-corrected chi connectivity index (χ2v) is 13.5. The van der Waals surface area contributed by atoms with Crippen molar-refractivity contribution in [2.45, 2.75) is 39.7 Å². The topological polar surface area (TPSA) is 140 Å². The van der Waals surface area contributed by atoms with Gasteiger partial charge in [0.2, 0.25) is 5.91 Å². The lowest BCUT2D eigenvalue weighted by molar-refractivity contribution is -0.115. The number of hydrogen-bond acceptors (Lipinski definition) is 7. The van der Waals surface area contributed by atoms with Gasteiger partial charge < -0.3 is 24.2 Å². The highest BCUT2D eigenvalue weighted by Crippen LogP contribution is 2.34. The Bertz CT molecular complexity index is 2330. The first kappa shape index (κ1) is 36.8. The molecular formula is C44H39N3O7. The molecule has 2 aliphatic heterocycles. The molecule has 0 fully saturated rings. The number of aryl methyl sites for hydroxylation is 1. The highest BCUT2D eigenvalue weighted by atomic mass is 16.6. The van der Waals surface area contributed by atoms with Gasteiger partial charge in [-0.05, 0) is 93.9 Å². The molecular weight excluding hydrogens is 682 g/mol. The molecule has 3 N–H and O–H groups in total. The summed E-state index contributed by atoms with van der Waals surface area (Å²) in [5.74, 6) is 2.29. The van der Waals surface area contributed by atoms with Gasteiger partial charge in [-0.3, -0.25) is 19.7 Å². The largest absolute Gasteiger partial charge is 0.457 e. The molecule has 10 heteroatoms. The summed E-state index contributed by atoms with van der Waals surface area (Å²) in [4.78, 5) is 45.3. The van der Waals surface area contributed by atoms with Crippen molar-refractivity contribution in [3.8, 4) is 22.6 Å². The van der Waals surface area contributed by atoms with Crippen LogP contribution in [0.25, 0.3) is 34.3 Å². The van der Waals surface area contributed by atoms with Crippen molar-refractivity contribution in [3.05, 3.63) is 150 Å². The highest BCUT2D eigenvalue weighted by Gasteiger charge is 2.24. The van der Waals surface area contributed by atoms with Gasteiger partial charge in [0, 0.05) is 33.8 Å².